The summed E-state index contributed by atoms with van der Waals surface area (Å²) in [6.07, 6.45) is 2.89. The van der Waals surface area contributed by atoms with Crippen LogP contribution >= 0.6 is 0 Å². The summed E-state index contributed by atoms with van der Waals surface area (Å²) in [6, 6.07) is 16.3. The van der Waals surface area contributed by atoms with E-state index >= 15 is 0 Å². The molecular formula is C19H20N4. The molecule has 0 spiro atoms. The third-order valence-electron chi connectivity index (χ3n) is 3.62. The number of amidine groups is 1. The zero-order valence-electron chi connectivity index (χ0n) is 13.5. The lowest BCUT2D eigenvalue weighted by molar-refractivity contribution is 0.906. The second kappa shape index (κ2) is 7.01. The molecule has 0 fully saturated rings. The fourth-order valence-corrected chi connectivity index (χ4v) is 2.52. The van der Waals surface area contributed by atoms with Gasteiger partial charge in [0, 0.05) is 22.9 Å². The lowest BCUT2D eigenvalue weighted by Crippen LogP contribution is -2.14. The molecule has 3 rings (SSSR count). The van der Waals surface area contributed by atoms with Crippen molar-refractivity contribution in [2.75, 3.05) is 6.54 Å². The molecule has 0 amide bonds. The number of hydrogen-bond acceptors (Lipinski definition) is 3. The molecule has 3 aromatic rings. The molecular weight excluding hydrogens is 284 g/mol. The number of rotatable bonds is 4. The number of pyridine rings is 1. The van der Waals surface area contributed by atoms with Crippen LogP contribution in [0.4, 0.5) is 0 Å². The third-order valence-corrected chi connectivity index (χ3v) is 3.62. The Bertz CT molecular complexity index is 827. The highest BCUT2D eigenvalue weighted by Crippen LogP contribution is 2.24. The second-order valence-electron chi connectivity index (χ2n) is 5.40. The van der Waals surface area contributed by atoms with Gasteiger partial charge in [-0.1, -0.05) is 43.3 Å². The van der Waals surface area contributed by atoms with Gasteiger partial charge in [-0.05, 0) is 25.5 Å². The summed E-state index contributed by atoms with van der Waals surface area (Å²) in [6.45, 7) is 4.85. The van der Waals surface area contributed by atoms with Crippen molar-refractivity contribution in [3.05, 3.63) is 54.1 Å². The van der Waals surface area contributed by atoms with Crippen molar-refractivity contribution < 1.29 is 0 Å². The summed E-state index contributed by atoms with van der Waals surface area (Å²) in [7, 11) is 0. The van der Waals surface area contributed by atoms with Crippen molar-refractivity contribution in [3.8, 4) is 0 Å². The Kier molecular flexibility index (Phi) is 4.62. The van der Waals surface area contributed by atoms with Gasteiger partial charge in [0.15, 0.2) is 0 Å². The highest BCUT2D eigenvalue weighted by molar-refractivity contribution is 6.10. The topological polar surface area (TPSA) is 49.6 Å². The molecule has 0 aliphatic rings. The number of aromatic nitrogens is 1. The summed E-state index contributed by atoms with van der Waals surface area (Å²) in [5.74, 6) is 0.825. The molecule has 0 unspecified atom stereocenters. The maximum atomic E-state index is 4.72. The molecule has 4 heteroatoms. The van der Waals surface area contributed by atoms with Crippen molar-refractivity contribution in [3.63, 3.8) is 0 Å². The Morgan fingerprint density at radius 1 is 1.04 bits per heavy atom. The molecule has 0 aliphatic heterocycles. The van der Waals surface area contributed by atoms with Crippen LogP contribution in [-0.2, 0) is 0 Å². The van der Waals surface area contributed by atoms with Crippen LogP contribution in [0.2, 0.25) is 0 Å². The zero-order chi connectivity index (χ0) is 16.1. The molecule has 1 aromatic heterocycles. The van der Waals surface area contributed by atoms with Gasteiger partial charge >= 0.3 is 0 Å². The summed E-state index contributed by atoms with van der Waals surface area (Å²) in [4.78, 5) is 9.09. The van der Waals surface area contributed by atoms with Gasteiger partial charge < -0.3 is 0 Å². The maximum Gasteiger partial charge on any atom is 0.113 e. The number of nitrogens with one attached hydrogen (secondary N) is 1. The van der Waals surface area contributed by atoms with E-state index in [1.165, 1.54) is 0 Å². The Balaban J connectivity index is 2.03. The minimum atomic E-state index is 0.815. The van der Waals surface area contributed by atoms with Gasteiger partial charge in [-0.15, -0.1) is 0 Å². The SMILES string of the molecule is CCCN=C(C)N/N=C/c1c2ccccc2nc2ccccc12. The molecule has 2 aromatic carbocycles. The average molecular weight is 304 g/mol. The van der Waals surface area contributed by atoms with Gasteiger partial charge in [0.25, 0.3) is 0 Å². The van der Waals surface area contributed by atoms with E-state index in [0.29, 0.717) is 0 Å². The lowest BCUT2D eigenvalue weighted by Gasteiger charge is -2.07. The number of hydrazone groups is 1. The molecule has 0 bridgehead atoms. The Morgan fingerprint density at radius 3 is 2.26 bits per heavy atom. The average Bonchev–Trinajstić information content (AvgIpc) is 2.59. The fraction of sp³-hybridized carbons (Fsp3) is 0.211. The first-order chi connectivity index (χ1) is 11.3. The molecule has 0 aliphatic carbocycles. The molecule has 4 nitrogen and oxygen atoms in total. The predicted octanol–water partition coefficient (Wildman–Crippen LogP) is 4.14. The molecule has 0 radical (unpaired) electrons. The van der Waals surface area contributed by atoms with Crippen molar-refractivity contribution >= 4 is 33.9 Å². The number of para-hydroxylation sites is 2. The van der Waals surface area contributed by atoms with Gasteiger partial charge in [-0.25, -0.2) is 4.98 Å². The van der Waals surface area contributed by atoms with Crippen molar-refractivity contribution in [1.82, 2.24) is 10.4 Å². The van der Waals surface area contributed by atoms with Crippen LogP contribution in [-0.4, -0.2) is 23.6 Å². The third kappa shape index (κ3) is 3.37. The summed E-state index contributed by atoms with van der Waals surface area (Å²) < 4.78 is 0. The van der Waals surface area contributed by atoms with E-state index in [1.807, 2.05) is 49.5 Å². The number of aliphatic imine (C=N–C) groups is 1. The van der Waals surface area contributed by atoms with Crippen molar-refractivity contribution in [2.45, 2.75) is 20.3 Å². The minimum absolute atomic E-state index is 0.815. The number of fused-ring (bicyclic) bond motifs is 2. The van der Waals surface area contributed by atoms with Gasteiger partial charge in [0.05, 0.1) is 17.2 Å². The number of hydrogen-bond donors (Lipinski definition) is 1. The minimum Gasteiger partial charge on any atom is -0.271 e. The Hall–Kier alpha value is -2.75. The zero-order valence-corrected chi connectivity index (χ0v) is 13.5. The molecule has 0 atom stereocenters. The van der Waals surface area contributed by atoms with Crippen LogP contribution < -0.4 is 5.43 Å². The van der Waals surface area contributed by atoms with E-state index in [2.05, 4.69) is 34.6 Å². The van der Waals surface area contributed by atoms with Crippen LogP contribution in [0.1, 0.15) is 25.8 Å². The monoisotopic (exact) mass is 304 g/mol. The van der Waals surface area contributed by atoms with E-state index in [1.54, 1.807) is 0 Å². The van der Waals surface area contributed by atoms with Crippen molar-refractivity contribution in [1.29, 1.82) is 0 Å². The van der Waals surface area contributed by atoms with E-state index in [0.717, 1.165) is 46.2 Å². The highest BCUT2D eigenvalue weighted by atomic mass is 15.3. The quantitative estimate of drug-likeness (QED) is 0.341. The van der Waals surface area contributed by atoms with E-state index in [4.69, 9.17) is 4.98 Å². The Labute approximate surface area is 136 Å². The lowest BCUT2D eigenvalue weighted by atomic mass is 10.0. The highest BCUT2D eigenvalue weighted by Gasteiger charge is 2.06. The molecule has 23 heavy (non-hydrogen) atoms. The van der Waals surface area contributed by atoms with Gasteiger partial charge in [-0.3, -0.25) is 10.4 Å². The van der Waals surface area contributed by atoms with Crippen LogP contribution in [0, 0.1) is 0 Å². The van der Waals surface area contributed by atoms with E-state index in [9.17, 15) is 0 Å². The van der Waals surface area contributed by atoms with Gasteiger partial charge in [-0.2, -0.15) is 5.10 Å². The van der Waals surface area contributed by atoms with E-state index < -0.39 is 0 Å². The van der Waals surface area contributed by atoms with Crippen LogP contribution in [0.3, 0.4) is 0 Å². The first-order valence-electron chi connectivity index (χ1n) is 7.87. The summed E-state index contributed by atoms with van der Waals surface area (Å²) in [5.41, 5.74) is 6.02. The predicted molar refractivity (Wildman–Crippen MR) is 98.2 cm³/mol. The van der Waals surface area contributed by atoms with Crippen LogP contribution in [0.5, 0.6) is 0 Å². The second-order valence-corrected chi connectivity index (χ2v) is 5.40. The van der Waals surface area contributed by atoms with E-state index in [-0.39, 0.29) is 0 Å². The fourth-order valence-electron chi connectivity index (χ4n) is 2.52. The molecule has 1 heterocycles. The molecule has 116 valence electrons. The smallest absolute Gasteiger partial charge is 0.113 e. The van der Waals surface area contributed by atoms with Crippen LogP contribution in [0.25, 0.3) is 21.8 Å². The van der Waals surface area contributed by atoms with Crippen molar-refractivity contribution in [2.24, 2.45) is 10.1 Å². The standard InChI is InChI=1S/C19H20N4/c1-3-12-20-14(2)23-21-13-17-15-8-4-6-10-18(15)22-19-11-7-5-9-16(17)19/h4-11,13H,3,12H2,1-2H3,(H,20,23)/b21-13+. The van der Waals surface area contributed by atoms with Gasteiger partial charge in [0.1, 0.15) is 5.84 Å². The largest absolute Gasteiger partial charge is 0.271 e. The molecule has 0 saturated carbocycles. The number of benzene rings is 2. The molecule has 0 saturated heterocycles. The maximum absolute atomic E-state index is 4.72. The summed E-state index contributed by atoms with van der Waals surface area (Å²) >= 11 is 0. The normalized spacial score (nSPS) is 12.3. The first-order valence-corrected chi connectivity index (χ1v) is 7.87. The Morgan fingerprint density at radius 2 is 1.65 bits per heavy atom. The first kappa shape index (κ1) is 15.2. The van der Waals surface area contributed by atoms with Crippen LogP contribution in [0.15, 0.2) is 58.6 Å². The number of nitrogens with zero attached hydrogens (tertiary/aromatic N) is 3. The summed E-state index contributed by atoms with van der Waals surface area (Å²) in [5, 5.41) is 6.56. The molecule has 1 N–H and O–H groups in total. The van der Waals surface area contributed by atoms with Gasteiger partial charge in [0.2, 0.25) is 0 Å².